The molecule has 1 aliphatic carbocycles. The first-order valence-corrected chi connectivity index (χ1v) is 10.4. The Hall–Kier alpha value is -0.930. The topological polar surface area (TPSA) is 6.48 Å². The predicted molar refractivity (Wildman–Crippen MR) is 102 cm³/mol. The molecule has 0 radical (unpaired) electrons. The number of fused-ring (bicyclic) bond motifs is 1. The van der Waals surface area contributed by atoms with Crippen LogP contribution in [0.5, 0.6) is 0 Å². The minimum absolute atomic E-state index is 0.200. The van der Waals surface area contributed by atoms with Crippen molar-refractivity contribution < 1.29 is 4.39 Å². The summed E-state index contributed by atoms with van der Waals surface area (Å²) in [5, 5.41) is 0. The van der Waals surface area contributed by atoms with Crippen LogP contribution < -0.4 is 0 Å². The van der Waals surface area contributed by atoms with E-state index >= 15 is 0 Å². The summed E-state index contributed by atoms with van der Waals surface area (Å²) in [6, 6.07) is 10.3. The second-order valence-electron chi connectivity index (χ2n) is 8.58. The first-order chi connectivity index (χ1) is 12.2. The summed E-state index contributed by atoms with van der Waals surface area (Å²) in [4.78, 5) is 4.97. The molecule has 2 nitrogen and oxygen atoms in total. The molecule has 3 aliphatic rings. The second kappa shape index (κ2) is 7.75. The highest BCUT2D eigenvalue weighted by Crippen LogP contribution is 2.47. The summed E-state index contributed by atoms with van der Waals surface area (Å²) < 4.78 is 12.6. The van der Waals surface area contributed by atoms with E-state index in [2.05, 4.69) is 41.0 Å². The summed E-state index contributed by atoms with van der Waals surface area (Å²) in [5.41, 5.74) is 3.00. The molecule has 1 saturated carbocycles. The van der Waals surface area contributed by atoms with Gasteiger partial charge in [0, 0.05) is 32.2 Å². The third-order valence-corrected chi connectivity index (χ3v) is 7.12. The lowest BCUT2D eigenvalue weighted by molar-refractivity contribution is 0.272. The first-order valence-electron chi connectivity index (χ1n) is 10.4. The molecule has 0 aromatic heterocycles. The number of nitrogens with zero attached hydrogens (tertiary/aromatic N) is 2. The van der Waals surface area contributed by atoms with Crippen LogP contribution in [0.15, 0.2) is 24.3 Å². The van der Waals surface area contributed by atoms with Crippen molar-refractivity contribution in [1.82, 2.24) is 9.80 Å². The van der Waals surface area contributed by atoms with Gasteiger partial charge in [0.15, 0.2) is 0 Å². The highest BCUT2D eigenvalue weighted by atomic mass is 19.1. The molecule has 0 N–H and O–H groups in total. The predicted octanol–water partition coefficient (Wildman–Crippen LogP) is 4.11. The maximum Gasteiger partial charge on any atom is 0.102 e. The SMILES string of the molecule is C[C@@H]1CCCN1CCc1ccc([C@@H]2CC[C@@H]3CN(CCF)C[C@@H]32)cc1. The molecule has 2 saturated heterocycles. The Morgan fingerprint density at radius 3 is 2.60 bits per heavy atom. The lowest BCUT2D eigenvalue weighted by Crippen LogP contribution is -2.28. The second-order valence-corrected chi connectivity index (χ2v) is 8.58. The van der Waals surface area contributed by atoms with Gasteiger partial charge in [-0.25, -0.2) is 4.39 Å². The molecule has 0 unspecified atom stereocenters. The van der Waals surface area contributed by atoms with Crippen LogP contribution in [-0.4, -0.2) is 55.2 Å². The van der Waals surface area contributed by atoms with Crippen molar-refractivity contribution in [3.8, 4) is 0 Å². The Morgan fingerprint density at radius 2 is 1.88 bits per heavy atom. The van der Waals surface area contributed by atoms with Crippen LogP contribution in [0.1, 0.15) is 49.7 Å². The fraction of sp³-hybridized carbons (Fsp3) is 0.727. The van der Waals surface area contributed by atoms with Crippen LogP contribution in [0.25, 0.3) is 0 Å². The minimum atomic E-state index is -0.200. The maximum absolute atomic E-state index is 12.6. The van der Waals surface area contributed by atoms with E-state index in [-0.39, 0.29) is 6.67 Å². The van der Waals surface area contributed by atoms with Crippen LogP contribution in [-0.2, 0) is 6.42 Å². The molecular weight excluding hydrogens is 311 g/mol. The van der Waals surface area contributed by atoms with E-state index in [1.807, 2.05) is 0 Å². The van der Waals surface area contributed by atoms with Crippen molar-refractivity contribution in [2.24, 2.45) is 11.8 Å². The third-order valence-electron chi connectivity index (χ3n) is 7.12. The average molecular weight is 345 g/mol. The lowest BCUT2D eigenvalue weighted by Gasteiger charge is -2.22. The summed E-state index contributed by atoms with van der Waals surface area (Å²) in [6.07, 6.45) is 6.55. The molecule has 3 heteroatoms. The van der Waals surface area contributed by atoms with Crippen molar-refractivity contribution in [2.75, 3.05) is 39.4 Å². The Morgan fingerprint density at radius 1 is 1.04 bits per heavy atom. The van der Waals surface area contributed by atoms with Crippen molar-refractivity contribution in [2.45, 2.75) is 51.0 Å². The first kappa shape index (κ1) is 17.5. The smallest absolute Gasteiger partial charge is 0.102 e. The molecule has 1 aromatic rings. The zero-order chi connectivity index (χ0) is 17.2. The number of likely N-dealkylation sites (tertiary alicyclic amines) is 2. The van der Waals surface area contributed by atoms with Gasteiger partial charge in [-0.05, 0) is 74.5 Å². The normalized spacial score (nSPS) is 33.2. The number of alkyl halides is 1. The lowest BCUT2D eigenvalue weighted by atomic mass is 9.86. The molecule has 138 valence electrons. The molecule has 1 aromatic carbocycles. The monoisotopic (exact) mass is 344 g/mol. The van der Waals surface area contributed by atoms with Crippen LogP contribution in [0, 0.1) is 11.8 Å². The van der Waals surface area contributed by atoms with Gasteiger partial charge in [-0.3, -0.25) is 0 Å². The largest absolute Gasteiger partial charge is 0.300 e. The fourth-order valence-electron chi connectivity index (χ4n) is 5.60. The van der Waals surface area contributed by atoms with E-state index in [1.54, 1.807) is 0 Å². The van der Waals surface area contributed by atoms with Gasteiger partial charge in [-0.1, -0.05) is 24.3 Å². The van der Waals surface area contributed by atoms with Gasteiger partial charge < -0.3 is 9.80 Å². The summed E-state index contributed by atoms with van der Waals surface area (Å²) in [5.74, 6) is 2.25. The molecule has 2 heterocycles. The summed E-state index contributed by atoms with van der Waals surface area (Å²) in [6.45, 7) is 7.50. The number of hydrogen-bond donors (Lipinski definition) is 0. The van der Waals surface area contributed by atoms with Crippen molar-refractivity contribution >= 4 is 0 Å². The molecule has 0 spiro atoms. The van der Waals surface area contributed by atoms with Gasteiger partial charge in [-0.15, -0.1) is 0 Å². The van der Waals surface area contributed by atoms with Crippen molar-refractivity contribution in [3.05, 3.63) is 35.4 Å². The van der Waals surface area contributed by atoms with Gasteiger partial charge in [0.2, 0.25) is 0 Å². The molecule has 0 bridgehead atoms. The summed E-state index contributed by atoms with van der Waals surface area (Å²) in [7, 11) is 0. The van der Waals surface area contributed by atoms with E-state index in [1.165, 1.54) is 56.3 Å². The van der Waals surface area contributed by atoms with E-state index in [0.29, 0.717) is 12.5 Å². The molecule has 25 heavy (non-hydrogen) atoms. The zero-order valence-corrected chi connectivity index (χ0v) is 15.7. The van der Waals surface area contributed by atoms with Gasteiger partial charge in [-0.2, -0.15) is 0 Å². The minimum Gasteiger partial charge on any atom is -0.300 e. The summed E-state index contributed by atoms with van der Waals surface area (Å²) >= 11 is 0. The van der Waals surface area contributed by atoms with Crippen molar-refractivity contribution in [1.29, 1.82) is 0 Å². The van der Waals surface area contributed by atoms with Crippen LogP contribution in [0.3, 0.4) is 0 Å². The maximum atomic E-state index is 12.6. The molecular formula is C22H33FN2. The number of rotatable bonds is 6. The molecule has 0 amide bonds. The van der Waals surface area contributed by atoms with Crippen LogP contribution in [0.2, 0.25) is 0 Å². The van der Waals surface area contributed by atoms with Crippen LogP contribution >= 0.6 is 0 Å². The number of benzene rings is 1. The third kappa shape index (κ3) is 3.78. The van der Waals surface area contributed by atoms with E-state index in [4.69, 9.17) is 0 Å². The van der Waals surface area contributed by atoms with E-state index < -0.39 is 0 Å². The van der Waals surface area contributed by atoms with Gasteiger partial charge in [0.25, 0.3) is 0 Å². The number of hydrogen-bond acceptors (Lipinski definition) is 2. The number of halogens is 1. The standard InChI is InChI=1S/C22H33FN2/c1-17-3-2-12-25(17)13-10-18-4-6-19(7-5-18)21-9-8-20-15-24(14-11-23)16-22(20)21/h4-7,17,20-22H,2-3,8-16H2,1H3/t17-,20-,21+,22+/m1/s1. The van der Waals surface area contributed by atoms with Gasteiger partial charge in [0.05, 0.1) is 0 Å². The molecule has 4 rings (SSSR count). The Kier molecular flexibility index (Phi) is 5.42. The fourth-order valence-corrected chi connectivity index (χ4v) is 5.60. The highest BCUT2D eigenvalue weighted by molar-refractivity contribution is 5.28. The molecule has 3 fully saturated rings. The zero-order valence-electron chi connectivity index (χ0n) is 15.7. The highest BCUT2D eigenvalue weighted by Gasteiger charge is 2.42. The quantitative estimate of drug-likeness (QED) is 0.766. The van der Waals surface area contributed by atoms with Gasteiger partial charge >= 0.3 is 0 Å². The molecule has 4 atom stereocenters. The Balaban J connectivity index is 1.34. The average Bonchev–Trinajstić information content (AvgIpc) is 3.30. The molecule has 2 aliphatic heterocycles. The van der Waals surface area contributed by atoms with E-state index in [9.17, 15) is 4.39 Å². The van der Waals surface area contributed by atoms with Gasteiger partial charge in [0.1, 0.15) is 6.67 Å². The Bertz CT molecular complexity index is 558. The van der Waals surface area contributed by atoms with Crippen molar-refractivity contribution in [3.63, 3.8) is 0 Å². The van der Waals surface area contributed by atoms with E-state index in [0.717, 1.165) is 31.0 Å². The Labute approximate surface area is 152 Å². The van der Waals surface area contributed by atoms with Crippen LogP contribution in [0.4, 0.5) is 4.39 Å².